The highest BCUT2D eigenvalue weighted by atomic mass is 16.6. The van der Waals surface area contributed by atoms with Crippen LogP contribution in [0.5, 0.6) is 0 Å². The van der Waals surface area contributed by atoms with Crippen molar-refractivity contribution in [2.24, 2.45) is 0 Å². The Balaban J connectivity index is 4.97. The lowest BCUT2D eigenvalue weighted by molar-refractivity contribution is -0.141. The van der Waals surface area contributed by atoms with Crippen LogP contribution in [0.3, 0.4) is 0 Å². The van der Waals surface area contributed by atoms with Gasteiger partial charge in [-0.25, -0.2) is 14.4 Å². The molecule has 0 aliphatic heterocycles. The van der Waals surface area contributed by atoms with Gasteiger partial charge in [0.25, 0.3) is 0 Å². The summed E-state index contributed by atoms with van der Waals surface area (Å²) in [6, 6.07) is 0. The Labute approximate surface area is 251 Å². The van der Waals surface area contributed by atoms with Crippen LogP contribution >= 0.6 is 0 Å². The van der Waals surface area contributed by atoms with Gasteiger partial charge < -0.3 is 39.8 Å². The lowest BCUT2D eigenvalue weighted by Gasteiger charge is -2.28. The zero-order valence-corrected chi connectivity index (χ0v) is 27.1. The molecule has 13 heteroatoms. The maximum absolute atomic E-state index is 12.8. The molecule has 42 heavy (non-hydrogen) atoms. The number of carboxylic acids is 1. The fourth-order valence-electron chi connectivity index (χ4n) is 3.51. The molecule has 0 bridgehead atoms. The van der Waals surface area contributed by atoms with E-state index in [1.165, 1.54) is 0 Å². The number of rotatable bonds is 16. The standard InChI is InChI=1S/C29H54N4O9/c1-27(2,3)40-24(37)30-16-12-20-32(22(34)14-15-23(35)36)18-10-11-19-33(26(39)42-29(7,8)9)21-13-17-31-25(38)41-28(4,5)6/h10-21H2,1-9H3,(H,30,37)(H,31,38)(H,35,36). The van der Waals surface area contributed by atoms with Gasteiger partial charge in [-0.1, -0.05) is 0 Å². The summed E-state index contributed by atoms with van der Waals surface area (Å²) in [6.07, 6.45) is 0.150. The summed E-state index contributed by atoms with van der Waals surface area (Å²) in [6.45, 7) is 18.0. The van der Waals surface area contributed by atoms with E-state index in [2.05, 4.69) is 10.6 Å². The van der Waals surface area contributed by atoms with Gasteiger partial charge in [0.15, 0.2) is 0 Å². The molecule has 0 saturated carbocycles. The Bertz CT molecular complexity index is 874. The molecule has 0 aliphatic rings. The highest BCUT2D eigenvalue weighted by Gasteiger charge is 2.23. The number of nitrogens with zero attached hydrogens (tertiary/aromatic N) is 2. The van der Waals surface area contributed by atoms with Gasteiger partial charge in [-0.15, -0.1) is 0 Å². The van der Waals surface area contributed by atoms with E-state index >= 15 is 0 Å². The Morgan fingerprint density at radius 2 is 0.952 bits per heavy atom. The van der Waals surface area contributed by atoms with Gasteiger partial charge in [0.05, 0.1) is 6.42 Å². The van der Waals surface area contributed by atoms with Gasteiger partial charge in [-0.2, -0.15) is 0 Å². The van der Waals surface area contributed by atoms with Crippen molar-refractivity contribution in [2.75, 3.05) is 39.3 Å². The molecule has 13 nitrogen and oxygen atoms in total. The number of amides is 4. The van der Waals surface area contributed by atoms with E-state index in [1.807, 2.05) is 0 Å². The highest BCUT2D eigenvalue weighted by Crippen LogP contribution is 2.12. The summed E-state index contributed by atoms with van der Waals surface area (Å²) < 4.78 is 16.0. The fraction of sp³-hybridized carbons (Fsp3) is 0.828. The largest absolute Gasteiger partial charge is 0.481 e. The first kappa shape index (κ1) is 38.8. The molecule has 0 aromatic rings. The van der Waals surface area contributed by atoms with Crippen LogP contribution in [0.4, 0.5) is 14.4 Å². The Kier molecular flexibility index (Phi) is 16.9. The first-order valence-corrected chi connectivity index (χ1v) is 14.6. The molecule has 0 rings (SSSR count). The number of carbonyl (C=O) groups excluding carboxylic acids is 4. The van der Waals surface area contributed by atoms with Crippen LogP contribution in [0.25, 0.3) is 0 Å². The zero-order valence-electron chi connectivity index (χ0n) is 27.1. The number of ether oxygens (including phenoxy) is 3. The van der Waals surface area contributed by atoms with Crippen molar-refractivity contribution < 1.29 is 43.3 Å². The normalized spacial score (nSPS) is 11.7. The highest BCUT2D eigenvalue weighted by molar-refractivity contribution is 5.80. The lowest BCUT2D eigenvalue weighted by atomic mass is 10.2. The number of alkyl carbamates (subject to hydrolysis) is 2. The average molecular weight is 603 g/mol. The third kappa shape index (κ3) is 22.4. The smallest absolute Gasteiger partial charge is 0.410 e. The molecule has 4 amide bonds. The van der Waals surface area contributed by atoms with E-state index in [1.54, 1.807) is 72.1 Å². The van der Waals surface area contributed by atoms with Crippen LogP contribution in [0, 0.1) is 0 Å². The summed E-state index contributed by atoms with van der Waals surface area (Å²) in [5, 5.41) is 14.3. The summed E-state index contributed by atoms with van der Waals surface area (Å²) in [7, 11) is 0. The van der Waals surface area contributed by atoms with Crippen LogP contribution in [0.15, 0.2) is 0 Å². The van der Waals surface area contributed by atoms with Gasteiger partial charge in [0.1, 0.15) is 16.8 Å². The predicted molar refractivity (Wildman–Crippen MR) is 158 cm³/mol. The summed E-state index contributed by atoms with van der Waals surface area (Å²) >= 11 is 0. The Morgan fingerprint density at radius 3 is 1.36 bits per heavy atom. The second-order valence-electron chi connectivity index (χ2n) is 13.0. The maximum atomic E-state index is 12.8. The Hall–Kier alpha value is -3.25. The topological polar surface area (TPSA) is 164 Å². The fourth-order valence-corrected chi connectivity index (χ4v) is 3.51. The van der Waals surface area contributed by atoms with Crippen molar-refractivity contribution in [3.05, 3.63) is 0 Å². The SMILES string of the molecule is CC(C)(C)OC(=O)NCCCN(CCCCN(CCCNC(=O)OC(C)(C)C)C(=O)OC(C)(C)C)C(=O)CCC(=O)O. The predicted octanol–water partition coefficient (Wildman–Crippen LogP) is 4.53. The number of carbonyl (C=O) groups is 5. The monoisotopic (exact) mass is 602 g/mol. The molecule has 0 aliphatic carbocycles. The first-order chi connectivity index (χ1) is 19.2. The zero-order chi connectivity index (χ0) is 32.6. The molecular weight excluding hydrogens is 548 g/mol. The van der Waals surface area contributed by atoms with Gasteiger partial charge in [0, 0.05) is 45.7 Å². The Morgan fingerprint density at radius 1 is 0.571 bits per heavy atom. The van der Waals surface area contributed by atoms with Crippen molar-refractivity contribution in [1.82, 2.24) is 20.4 Å². The van der Waals surface area contributed by atoms with Crippen LogP contribution in [-0.4, -0.2) is 101 Å². The van der Waals surface area contributed by atoms with E-state index in [-0.39, 0.29) is 18.7 Å². The summed E-state index contributed by atoms with van der Waals surface area (Å²) in [5.74, 6) is -1.34. The maximum Gasteiger partial charge on any atom is 0.410 e. The molecule has 0 atom stereocenters. The van der Waals surface area contributed by atoms with E-state index in [0.29, 0.717) is 65.0 Å². The number of carboxylic acid groups (broad SMARTS) is 1. The second-order valence-corrected chi connectivity index (χ2v) is 13.0. The van der Waals surface area contributed by atoms with Crippen molar-refractivity contribution in [1.29, 1.82) is 0 Å². The number of unbranched alkanes of at least 4 members (excludes halogenated alkanes) is 1. The summed E-state index contributed by atoms with van der Waals surface area (Å²) in [5.41, 5.74) is -1.90. The molecule has 244 valence electrons. The molecule has 0 aromatic carbocycles. The van der Waals surface area contributed by atoms with Gasteiger partial charge >= 0.3 is 24.2 Å². The molecule has 0 spiro atoms. The van der Waals surface area contributed by atoms with Crippen molar-refractivity contribution in [2.45, 2.75) is 118 Å². The number of hydrogen-bond acceptors (Lipinski definition) is 8. The molecule has 0 unspecified atom stereocenters. The van der Waals surface area contributed by atoms with Crippen LogP contribution in [-0.2, 0) is 23.8 Å². The van der Waals surface area contributed by atoms with E-state index in [0.717, 1.165) is 0 Å². The van der Waals surface area contributed by atoms with E-state index in [9.17, 15) is 24.0 Å². The average Bonchev–Trinajstić information content (AvgIpc) is 2.79. The minimum absolute atomic E-state index is 0.122. The summed E-state index contributed by atoms with van der Waals surface area (Å²) in [4.78, 5) is 63.4. The minimum atomic E-state index is -1.05. The van der Waals surface area contributed by atoms with Crippen molar-refractivity contribution in [3.63, 3.8) is 0 Å². The molecule has 0 fully saturated rings. The molecule has 0 aromatic heterocycles. The minimum Gasteiger partial charge on any atom is -0.481 e. The molecule has 0 radical (unpaired) electrons. The quantitative estimate of drug-likeness (QED) is 0.170. The van der Waals surface area contributed by atoms with Crippen LogP contribution in [0.1, 0.15) is 101 Å². The van der Waals surface area contributed by atoms with Crippen LogP contribution in [0.2, 0.25) is 0 Å². The van der Waals surface area contributed by atoms with Gasteiger partial charge in [-0.3, -0.25) is 9.59 Å². The van der Waals surface area contributed by atoms with E-state index < -0.39 is 41.1 Å². The third-order valence-corrected chi connectivity index (χ3v) is 5.21. The molecule has 0 heterocycles. The molecule has 0 saturated heterocycles. The number of nitrogens with one attached hydrogen (secondary N) is 2. The van der Waals surface area contributed by atoms with Gasteiger partial charge in [0.2, 0.25) is 5.91 Å². The van der Waals surface area contributed by atoms with Gasteiger partial charge in [-0.05, 0) is 88.0 Å². The molecule has 3 N–H and O–H groups in total. The van der Waals surface area contributed by atoms with Crippen molar-refractivity contribution >= 4 is 30.2 Å². The number of hydrogen-bond donors (Lipinski definition) is 3. The van der Waals surface area contributed by atoms with E-state index in [4.69, 9.17) is 19.3 Å². The van der Waals surface area contributed by atoms with Crippen LogP contribution < -0.4 is 10.6 Å². The van der Waals surface area contributed by atoms with Crippen molar-refractivity contribution in [3.8, 4) is 0 Å². The second kappa shape index (κ2) is 18.3. The molecular formula is C29H54N4O9. The number of aliphatic carboxylic acids is 1. The lowest BCUT2D eigenvalue weighted by Crippen LogP contribution is -2.40. The first-order valence-electron chi connectivity index (χ1n) is 14.6. The third-order valence-electron chi connectivity index (χ3n) is 5.21.